The molecule has 0 aliphatic heterocycles. The molecule has 0 radical (unpaired) electrons. The highest BCUT2D eigenvalue weighted by molar-refractivity contribution is 7.91. The van der Waals surface area contributed by atoms with Crippen molar-refractivity contribution in [1.82, 2.24) is 9.78 Å². The number of hydrogen-bond donors (Lipinski definition) is 0. The van der Waals surface area contributed by atoms with Gasteiger partial charge in [-0.1, -0.05) is 18.5 Å². The summed E-state index contributed by atoms with van der Waals surface area (Å²) in [5.74, 6) is 0.189. The van der Waals surface area contributed by atoms with E-state index in [9.17, 15) is 8.42 Å². The van der Waals surface area contributed by atoms with Gasteiger partial charge < -0.3 is 4.74 Å². The maximum Gasteiger partial charge on any atom is 0.151 e. The number of aromatic nitrogens is 2. The molecule has 0 aliphatic rings. The molecule has 0 unspecified atom stereocenters. The molecule has 5 nitrogen and oxygen atoms in total. The highest BCUT2D eigenvalue weighted by atomic mass is 35.5. The first-order chi connectivity index (χ1) is 7.48. The van der Waals surface area contributed by atoms with E-state index in [1.807, 2.05) is 0 Å². The molecule has 1 aromatic heterocycles. The van der Waals surface area contributed by atoms with E-state index < -0.39 is 9.84 Å². The Bertz CT molecular complexity index is 442. The van der Waals surface area contributed by atoms with Gasteiger partial charge in [-0.25, -0.2) is 8.42 Å². The summed E-state index contributed by atoms with van der Waals surface area (Å²) in [6.07, 6.45) is 0. The number of halogens is 1. The van der Waals surface area contributed by atoms with Crippen molar-refractivity contribution < 1.29 is 13.2 Å². The van der Waals surface area contributed by atoms with Crippen LogP contribution in [0.3, 0.4) is 0 Å². The first-order valence-corrected chi connectivity index (χ1v) is 7.10. The van der Waals surface area contributed by atoms with Crippen molar-refractivity contribution in [2.75, 3.05) is 18.6 Å². The SMILES string of the molecule is CCS(=O)(=O)CCn1nc(COC)cc1Cl. The van der Waals surface area contributed by atoms with Gasteiger partial charge >= 0.3 is 0 Å². The van der Waals surface area contributed by atoms with Crippen molar-refractivity contribution in [2.24, 2.45) is 0 Å². The van der Waals surface area contributed by atoms with Gasteiger partial charge in [-0.05, 0) is 0 Å². The fraction of sp³-hybridized carbons (Fsp3) is 0.667. The Kier molecular flexibility index (Phi) is 4.76. The molecule has 0 fully saturated rings. The quantitative estimate of drug-likeness (QED) is 0.774. The number of nitrogens with zero attached hydrogens (tertiary/aromatic N) is 2. The Hall–Kier alpha value is -0.590. The van der Waals surface area contributed by atoms with Gasteiger partial charge in [0.15, 0.2) is 9.84 Å². The highest BCUT2D eigenvalue weighted by Crippen LogP contribution is 2.12. The summed E-state index contributed by atoms with van der Waals surface area (Å²) in [6.45, 7) is 2.27. The molecular formula is C9H15ClN2O3S. The predicted molar refractivity (Wildman–Crippen MR) is 62.3 cm³/mol. The normalized spacial score (nSPS) is 11.9. The predicted octanol–water partition coefficient (Wildman–Crippen LogP) is 1.12. The number of methoxy groups -OCH3 is 1. The average molecular weight is 267 g/mol. The first kappa shape index (κ1) is 13.5. The summed E-state index contributed by atoms with van der Waals surface area (Å²) < 4.78 is 29.0. The molecule has 0 saturated carbocycles. The van der Waals surface area contributed by atoms with Crippen LogP contribution in [0, 0.1) is 0 Å². The van der Waals surface area contributed by atoms with Gasteiger partial charge in [0.05, 0.1) is 24.6 Å². The molecule has 0 spiro atoms. The van der Waals surface area contributed by atoms with Crippen molar-refractivity contribution in [2.45, 2.75) is 20.1 Å². The minimum atomic E-state index is -2.99. The van der Waals surface area contributed by atoms with E-state index in [2.05, 4.69) is 5.10 Å². The summed E-state index contributed by atoms with van der Waals surface area (Å²) in [6, 6.07) is 1.67. The van der Waals surface area contributed by atoms with Gasteiger partial charge in [0.2, 0.25) is 0 Å². The van der Waals surface area contributed by atoms with E-state index in [0.29, 0.717) is 17.5 Å². The third-order valence-corrected chi connectivity index (χ3v) is 4.12. The van der Waals surface area contributed by atoms with Crippen LogP contribution in [0.4, 0.5) is 0 Å². The number of aryl methyl sites for hydroxylation is 1. The molecular weight excluding hydrogens is 252 g/mol. The Morgan fingerprint density at radius 3 is 2.81 bits per heavy atom. The molecule has 0 saturated heterocycles. The molecule has 0 aromatic carbocycles. The molecule has 7 heteroatoms. The number of rotatable bonds is 6. The molecule has 0 N–H and O–H groups in total. The second-order valence-corrected chi connectivity index (χ2v) is 6.21. The number of sulfone groups is 1. The lowest BCUT2D eigenvalue weighted by molar-refractivity contribution is 0.180. The van der Waals surface area contributed by atoms with E-state index in [4.69, 9.17) is 16.3 Å². The summed E-state index contributed by atoms with van der Waals surface area (Å²) in [5.41, 5.74) is 0.696. The van der Waals surface area contributed by atoms with Gasteiger partial charge in [-0.15, -0.1) is 0 Å². The fourth-order valence-corrected chi connectivity index (χ4v) is 2.18. The maximum atomic E-state index is 11.3. The van der Waals surface area contributed by atoms with Crippen LogP contribution in [-0.4, -0.2) is 36.8 Å². The Labute approximate surface area is 100 Å². The lowest BCUT2D eigenvalue weighted by Gasteiger charge is -2.03. The molecule has 0 bridgehead atoms. The lowest BCUT2D eigenvalue weighted by Crippen LogP contribution is -2.15. The fourth-order valence-electron chi connectivity index (χ4n) is 1.19. The van der Waals surface area contributed by atoms with Crippen molar-refractivity contribution in [3.05, 3.63) is 16.9 Å². The van der Waals surface area contributed by atoms with Crippen LogP contribution in [0.5, 0.6) is 0 Å². The zero-order valence-corrected chi connectivity index (χ0v) is 10.9. The summed E-state index contributed by atoms with van der Waals surface area (Å²) in [7, 11) is -1.42. The van der Waals surface area contributed by atoms with E-state index >= 15 is 0 Å². The van der Waals surface area contributed by atoms with Crippen LogP contribution in [-0.2, 0) is 27.7 Å². The minimum absolute atomic E-state index is 0.0529. The average Bonchev–Trinajstić information content (AvgIpc) is 2.57. The summed E-state index contributed by atoms with van der Waals surface area (Å²) >= 11 is 5.90. The highest BCUT2D eigenvalue weighted by Gasteiger charge is 2.11. The van der Waals surface area contributed by atoms with Gasteiger partial charge in [-0.2, -0.15) is 5.10 Å². The molecule has 1 heterocycles. The van der Waals surface area contributed by atoms with Crippen LogP contribution in [0.25, 0.3) is 0 Å². The molecule has 0 atom stereocenters. The van der Waals surface area contributed by atoms with Crippen molar-refractivity contribution in [3.63, 3.8) is 0 Å². The Morgan fingerprint density at radius 1 is 1.56 bits per heavy atom. The molecule has 92 valence electrons. The standard InChI is InChI=1S/C9H15ClN2O3S/c1-3-16(13,14)5-4-12-9(10)6-8(11-12)7-15-2/h6H,3-5,7H2,1-2H3. The van der Waals surface area contributed by atoms with E-state index in [0.717, 1.165) is 0 Å². The second-order valence-electron chi connectivity index (χ2n) is 3.35. The zero-order valence-electron chi connectivity index (χ0n) is 9.31. The van der Waals surface area contributed by atoms with E-state index in [1.165, 1.54) is 4.68 Å². The third kappa shape index (κ3) is 3.77. The van der Waals surface area contributed by atoms with Gasteiger partial charge in [-0.3, -0.25) is 4.68 Å². The number of ether oxygens (including phenoxy) is 1. The van der Waals surface area contributed by atoms with Crippen LogP contribution < -0.4 is 0 Å². The summed E-state index contributed by atoms with van der Waals surface area (Å²) in [4.78, 5) is 0. The Balaban J connectivity index is 2.67. The topological polar surface area (TPSA) is 61.2 Å². The van der Waals surface area contributed by atoms with Crippen LogP contribution in [0.1, 0.15) is 12.6 Å². The van der Waals surface area contributed by atoms with Crippen molar-refractivity contribution in [3.8, 4) is 0 Å². The minimum Gasteiger partial charge on any atom is -0.378 e. The molecule has 0 amide bonds. The van der Waals surface area contributed by atoms with Crippen molar-refractivity contribution >= 4 is 21.4 Å². The smallest absolute Gasteiger partial charge is 0.151 e. The molecule has 0 aliphatic carbocycles. The van der Waals surface area contributed by atoms with Crippen LogP contribution in [0.15, 0.2) is 6.07 Å². The van der Waals surface area contributed by atoms with Gasteiger partial charge in [0, 0.05) is 18.9 Å². The molecule has 16 heavy (non-hydrogen) atoms. The Morgan fingerprint density at radius 2 is 2.25 bits per heavy atom. The second kappa shape index (κ2) is 5.65. The van der Waals surface area contributed by atoms with Crippen molar-refractivity contribution in [1.29, 1.82) is 0 Å². The molecule has 1 rings (SSSR count). The first-order valence-electron chi connectivity index (χ1n) is 4.90. The van der Waals surface area contributed by atoms with Gasteiger partial charge in [0.1, 0.15) is 5.15 Å². The lowest BCUT2D eigenvalue weighted by atomic mass is 10.5. The summed E-state index contributed by atoms with van der Waals surface area (Å²) in [5, 5.41) is 4.56. The largest absolute Gasteiger partial charge is 0.378 e. The number of hydrogen-bond acceptors (Lipinski definition) is 4. The van der Waals surface area contributed by atoms with Crippen LogP contribution in [0.2, 0.25) is 5.15 Å². The van der Waals surface area contributed by atoms with Crippen LogP contribution >= 0.6 is 11.6 Å². The zero-order chi connectivity index (χ0) is 12.2. The third-order valence-electron chi connectivity index (χ3n) is 2.13. The molecule has 1 aromatic rings. The van der Waals surface area contributed by atoms with E-state index in [1.54, 1.807) is 20.1 Å². The van der Waals surface area contributed by atoms with E-state index in [-0.39, 0.29) is 18.1 Å². The monoisotopic (exact) mass is 266 g/mol. The van der Waals surface area contributed by atoms with Gasteiger partial charge in [0.25, 0.3) is 0 Å². The maximum absolute atomic E-state index is 11.3.